The van der Waals surface area contributed by atoms with Crippen molar-refractivity contribution in [3.8, 4) is 0 Å². The van der Waals surface area contributed by atoms with Gasteiger partial charge in [-0.2, -0.15) is 0 Å². The lowest BCUT2D eigenvalue weighted by Gasteiger charge is -2.32. The van der Waals surface area contributed by atoms with Crippen molar-refractivity contribution in [1.29, 1.82) is 0 Å². The largest absolute Gasteiger partial charge is 0.326 e. The molecule has 1 amide bonds. The van der Waals surface area contributed by atoms with Gasteiger partial charge in [0.15, 0.2) is 0 Å². The molecule has 3 nitrogen and oxygen atoms in total. The Morgan fingerprint density at radius 1 is 1.20 bits per heavy atom. The monoisotopic (exact) mass is 356 g/mol. The van der Waals surface area contributed by atoms with Crippen molar-refractivity contribution in [1.82, 2.24) is 4.90 Å². The number of carbonyl (C=O) groups excluding carboxylic acids is 1. The topological polar surface area (TPSA) is 32.3 Å². The minimum Gasteiger partial charge on any atom is -0.326 e. The van der Waals surface area contributed by atoms with Gasteiger partial charge < -0.3 is 5.32 Å². The highest BCUT2D eigenvalue weighted by Gasteiger charge is 2.26. The van der Waals surface area contributed by atoms with Gasteiger partial charge >= 0.3 is 0 Å². The minimum atomic E-state index is 0.0258. The number of likely N-dealkylation sites (tertiary alicyclic amines) is 1. The van der Waals surface area contributed by atoms with E-state index in [0.717, 1.165) is 43.7 Å². The van der Waals surface area contributed by atoms with Gasteiger partial charge in [0, 0.05) is 23.8 Å². The molecule has 2 aromatic carbocycles. The van der Waals surface area contributed by atoms with Gasteiger partial charge in [-0.05, 0) is 62.1 Å². The van der Waals surface area contributed by atoms with Crippen molar-refractivity contribution in [2.24, 2.45) is 5.92 Å². The summed E-state index contributed by atoms with van der Waals surface area (Å²) in [6.45, 7) is 6.87. The first-order chi connectivity index (χ1) is 12.0. The number of rotatable bonds is 4. The molecule has 1 heterocycles. The molecular formula is C21H25ClN2O. The molecule has 1 unspecified atom stereocenters. The maximum Gasteiger partial charge on any atom is 0.228 e. The van der Waals surface area contributed by atoms with E-state index >= 15 is 0 Å². The summed E-state index contributed by atoms with van der Waals surface area (Å²) >= 11 is 6.15. The molecule has 0 aromatic heterocycles. The van der Waals surface area contributed by atoms with E-state index < -0.39 is 0 Å². The summed E-state index contributed by atoms with van der Waals surface area (Å²) in [5.41, 5.74) is 4.44. The van der Waals surface area contributed by atoms with Crippen LogP contribution in [0.1, 0.15) is 29.5 Å². The van der Waals surface area contributed by atoms with E-state index in [4.69, 9.17) is 11.6 Å². The van der Waals surface area contributed by atoms with Crippen molar-refractivity contribution >= 4 is 23.2 Å². The number of halogens is 1. The van der Waals surface area contributed by atoms with Crippen LogP contribution in [0.4, 0.5) is 5.69 Å². The third-order valence-corrected chi connectivity index (χ3v) is 5.38. The van der Waals surface area contributed by atoms with Crippen LogP contribution in [0.2, 0.25) is 5.02 Å². The smallest absolute Gasteiger partial charge is 0.228 e. The fourth-order valence-corrected chi connectivity index (χ4v) is 3.54. The average Bonchev–Trinajstić information content (AvgIpc) is 2.60. The summed E-state index contributed by atoms with van der Waals surface area (Å²) in [5, 5.41) is 3.71. The van der Waals surface area contributed by atoms with E-state index in [9.17, 15) is 4.79 Å². The van der Waals surface area contributed by atoms with Gasteiger partial charge in [0.25, 0.3) is 0 Å². The van der Waals surface area contributed by atoms with Crippen LogP contribution in [-0.2, 0) is 11.3 Å². The summed E-state index contributed by atoms with van der Waals surface area (Å²) in [5.74, 6) is 0.118. The van der Waals surface area contributed by atoms with Gasteiger partial charge in [-0.1, -0.05) is 41.9 Å². The fourth-order valence-electron chi connectivity index (χ4n) is 3.36. The average molecular weight is 357 g/mol. The lowest BCUT2D eigenvalue weighted by molar-refractivity contribution is -0.121. The first-order valence-electron chi connectivity index (χ1n) is 8.87. The van der Waals surface area contributed by atoms with E-state index in [2.05, 4.69) is 41.4 Å². The van der Waals surface area contributed by atoms with Crippen LogP contribution in [0.5, 0.6) is 0 Å². The molecule has 2 aromatic rings. The van der Waals surface area contributed by atoms with E-state index in [0.29, 0.717) is 5.02 Å². The molecule has 1 aliphatic heterocycles. The molecule has 1 atom stereocenters. The lowest BCUT2D eigenvalue weighted by atomic mass is 9.96. The van der Waals surface area contributed by atoms with Crippen molar-refractivity contribution < 1.29 is 4.79 Å². The third kappa shape index (κ3) is 4.62. The molecule has 132 valence electrons. The Bertz CT molecular complexity index is 759. The van der Waals surface area contributed by atoms with Crippen LogP contribution in [0.25, 0.3) is 0 Å². The third-order valence-electron chi connectivity index (χ3n) is 4.97. The standard InChI is InChI=1S/C21H25ClN2O/c1-15-6-3-4-7-17(15)13-24-11-5-8-18(14-24)21(25)23-19-10-9-16(2)20(22)12-19/h3-4,6-7,9-10,12,18H,5,8,11,13-14H2,1-2H3,(H,23,25). The molecule has 3 rings (SSSR count). The maximum absolute atomic E-state index is 12.6. The van der Waals surface area contributed by atoms with Crippen LogP contribution in [-0.4, -0.2) is 23.9 Å². The SMILES string of the molecule is Cc1ccc(NC(=O)C2CCCN(Cc3ccccc3C)C2)cc1Cl. The first kappa shape index (κ1) is 18.0. The Labute approximate surface area is 155 Å². The van der Waals surface area contributed by atoms with Gasteiger partial charge in [0.05, 0.1) is 5.92 Å². The summed E-state index contributed by atoms with van der Waals surface area (Å²) in [7, 11) is 0. The highest BCUT2D eigenvalue weighted by molar-refractivity contribution is 6.31. The molecule has 0 aliphatic carbocycles. The van der Waals surface area contributed by atoms with E-state index in [1.807, 2.05) is 25.1 Å². The Hall–Kier alpha value is -1.84. The first-order valence-corrected chi connectivity index (χ1v) is 9.24. The van der Waals surface area contributed by atoms with Crippen LogP contribution in [0.15, 0.2) is 42.5 Å². The number of nitrogens with zero attached hydrogens (tertiary/aromatic N) is 1. The van der Waals surface area contributed by atoms with E-state index in [1.165, 1.54) is 11.1 Å². The molecule has 4 heteroatoms. The Kier molecular flexibility index (Phi) is 5.77. The Morgan fingerprint density at radius 2 is 2.00 bits per heavy atom. The summed E-state index contributed by atoms with van der Waals surface area (Å²) < 4.78 is 0. The van der Waals surface area contributed by atoms with Gasteiger partial charge in [-0.15, -0.1) is 0 Å². The van der Waals surface area contributed by atoms with E-state index in [1.54, 1.807) is 0 Å². The fraction of sp³-hybridized carbons (Fsp3) is 0.381. The second kappa shape index (κ2) is 8.03. The quantitative estimate of drug-likeness (QED) is 0.852. The highest BCUT2D eigenvalue weighted by atomic mass is 35.5. The predicted octanol–water partition coefficient (Wildman–Crippen LogP) is 4.81. The zero-order valence-corrected chi connectivity index (χ0v) is 15.6. The lowest BCUT2D eigenvalue weighted by Crippen LogP contribution is -2.40. The summed E-state index contributed by atoms with van der Waals surface area (Å²) in [6, 6.07) is 14.1. The molecule has 0 radical (unpaired) electrons. The van der Waals surface area contributed by atoms with Crippen LogP contribution in [0, 0.1) is 19.8 Å². The van der Waals surface area contributed by atoms with Crippen LogP contribution in [0.3, 0.4) is 0 Å². The molecule has 1 N–H and O–H groups in total. The van der Waals surface area contributed by atoms with E-state index in [-0.39, 0.29) is 11.8 Å². The minimum absolute atomic E-state index is 0.0258. The van der Waals surface area contributed by atoms with Crippen molar-refractivity contribution in [2.75, 3.05) is 18.4 Å². The van der Waals surface area contributed by atoms with Gasteiger partial charge in [0.2, 0.25) is 5.91 Å². The highest BCUT2D eigenvalue weighted by Crippen LogP contribution is 2.23. The summed E-state index contributed by atoms with van der Waals surface area (Å²) in [6.07, 6.45) is 1.99. The molecule has 25 heavy (non-hydrogen) atoms. The number of aryl methyl sites for hydroxylation is 2. The van der Waals surface area contributed by atoms with Gasteiger partial charge in [0.1, 0.15) is 0 Å². The van der Waals surface area contributed by atoms with Gasteiger partial charge in [-0.3, -0.25) is 9.69 Å². The predicted molar refractivity (Wildman–Crippen MR) is 104 cm³/mol. The maximum atomic E-state index is 12.6. The normalized spacial score (nSPS) is 18.1. The van der Waals surface area contributed by atoms with Crippen molar-refractivity contribution in [3.63, 3.8) is 0 Å². The Morgan fingerprint density at radius 3 is 2.76 bits per heavy atom. The number of piperidine rings is 1. The van der Waals surface area contributed by atoms with Gasteiger partial charge in [-0.25, -0.2) is 0 Å². The number of nitrogens with one attached hydrogen (secondary N) is 1. The molecule has 1 fully saturated rings. The zero-order valence-electron chi connectivity index (χ0n) is 14.9. The number of hydrogen-bond donors (Lipinski definition) is 1. The molecule has 1 saturated heterocycles. The number of hydrogen-bond acceptors (Lipinski definition) is 2. The van der Waals surface area contributed by atoms with Crippen LogP contribution >= 0.6 is 11.6 Å². The number of carbonyl (C=O) groups is 1. The molecular weight excluding hydrogens is 332 g/mol. The molecule has 1 aliphatic rings. The zero-order chi connectivity index (χ0) is 17.8. The molecule has 0 spiro atoms. The molecule has 0 saturated carbocycles. The summed E-state index contributed by atoms with van der Waals surface area (Å²) in [4.78, 5) is 15.0. The van der Waals surface area contributed by atoms with Crippen LogP contribution < -0.4 is 5.32 Å². The number of benzene rings is 2. The Balaban J connectivity index is 1.61. The number of anilines is 1. The second-order valence-corrected chi connectivity index (χ2v) is 7.36. The second-order valence-electron chi connectivity index (χ2n) is 6.95. The molecule has 0 bridgehead atoms. The van der Waals surface area contributed by atoms with Crippen molar-refractivity contribution in [2.45, 2.75) is 33.2 Å². The number of amides is 1. The van der Waals surface area contributed by atoms with Crippen molar-refractivity contribution in [3.05, 3.63) is 64.2 Å².